The molecule has 0 bridgehead atoms. The molecular weight excluding hydrogens is 452 g/mol. The summed E-state index contributed by atoms with van der Waals surface area (Å²) in [6, 6.07) is 8.36. The molecule has 1 heterocycles. The van der Waals surface area contributed by atoms with E-state index < -0.39 is 0 Å². The highest BCUT2D eigenvalue weighted by Crippen LogP contribution is 2.19. The Hall–Kier alpha value is -2.54. The summed E-state index contributed by atoms with van der Waals surface area (Å²) < 4.78 is 5.44. The number of methoxy groups -OCH3 is 1. The quantitative estimate of drug-likeness (QED) is 0.422. The molecule has 1 saturated carbocycles. The monoisotopic (exact) mass is 498 g/mol. The second kappa shape index (κ2) is 15.5. The van der Waals surface area contributed by atoms with Crippen LogP contribution in [0.25, 0.3) is 6.08 Å². The molecule has 2 aliphatic rings. The predicted octanol–water partition coefficient (Wildman–Crippen LogP) is 4.78. The van der Waals surface area contributed by atoms with Gasteiger partial charge in [-0.25, -0.2) is 4.79 Å². The van der Waals surface area contributed by atoms with Crippen LogP contribution in [0.1, 0.15) is 70.3 Å². The van der Waals surface area contributed by atoms with E-state index in [1.165, 1.54) is 19.3 Å². The number of hydrogen-bond donors (Lipinski definition) is 1. The molecule has 200 valence electrons. The second-order valence-electron chi connectivity index (χ2n) is 10.1. The van der Waals surface area contributed by atoms with Gasteiger partial charge in [0.1, 0.15) is 5.75 Å². The molecule has 7 nitrogen and oxygen atoms in total. The molecule has 7 heteroatoms. The van der Waals surface area contributed by atoms with Crippen LogP contribution in [0.4, 0.5) is 4.79 Å². The van der Waals surface area contributed by atoms with Gasteiger partial charge in [-0.1, -0.05) is 69.4 Å². The summed E-state index contributed by atoms with van der Waals surface area (Å²) >= 11 is 0. The van der Waals surface area contributed by atoms with Gasteiger partial charge in [0, 0.05) is 63.8 Å². The highest BCUT2D eigenvalue weighted by atomic mass is 16.5. The van der Waals surface area contributed by atoms with E-state index in [4.69, 9.17) is 4.74 Å². The number of ether oxygens (including phenoxy) is 1. The van der Waals surface area contributed by atoms with Gasteiger partial charge in [0.05, 0.1) is 7.11 Å². The standard InChI is InChI=1S/C29H46N4O3/c1-3-4-6-17-28(34)32(18-11-13-25-12-9-10-16-27(25)36-2)22-19-31-20-23-33(24-21-31)29(35)30-26-14-7-5-8-15-26/h9-13,16,26H,3-8,14-15,17-24H2,1-2H3,(H,30,35). The Kier molecular flexibility index (Phi) is 12.1. The first-order chi connectivity index (χ1) is 17.6. The Morgan fingerprint density at radius 1 is 1.08 bits per heavy atom. The number of para-hydroxylation sites is 1. The van der Waals surface area contributed by atoms with Gasteiger partial charge in [-0.05, 0) is 25.3 Å². The van der Waals surface area contributed by atoms with Crippen LogP contribution in [0.5, 0.6) is 5.75 Å². The van der Waals surface area contributed by atoms with Crippen LogP contribution in [0.15, 0.2) is 30.3 Å². The molecule has 2 fully saturated rings. The summed E-state index contributed by atoms with van der Waals surface area (Å²) in [5, 5.41) is 3.24. The molecule has 0 atom stereocenters. The third kappa shape index (κ3) is 9.16. The third-order valence-electron chi connectivity index (χ3n) is 7.39. The summed E-state index contributed by atoms with van der Waals surface area (Å²) in [5.74, 6) is 1.05. The van der Waals surface area contributed by atoms with Crippen molar-refractivity contribution in [3.05, 3.63) is 35.9 Å². The zero-order valence-corrected chi connectivity index (χ0v) is 22.4. The minimum absolute atomic E-state index is 0.0933. The average molecular weight is 499 g/mol. The zero-order valence-electron chi connectivity index (χ0n) is 22.4. The lowest BCUT2D eigenvalue weighted by molar-refractivity contribution is -0.131. The van der Waals surface area contributed by atoms with E-state index in [9.17, 15) is 9.59 Å². The number of amides is 3. The van der Waals surface area contributed by atoms with E-state index in [1.807, 2.05) is 40.1 Å². The fourth-order valence-corrected chi connectivity index (χ4v) is 5.06. The summed E-state index contributed by atoms with van der Waals surface area (Å²) in [6.45, 7) is 7.49. The van der Waals surface area contributed by atoms with Crippen molar-refractivity contribution in [2.24, 2.45) is 0 Å². The van der Waals surface area contributed by atoms with Crippen LogP contribution in [0.3, 0.4) is 0 Å². The Morgan fingerprint density at radius 3 is 2.56 bits per heavy atom. The van der Waals surface area contributed by atoms with E-state index in [2.05, 4.69) is 23.2 Å². The number of piperazine rings is 1. The van der Waals surface area contributed by atoms with Crippen molar-refractivity contribution >= 4 is 18.0 Å². The van der Waals surface area contributed by atoms with Crippen molar-refractivity contribution in [2.45, 2.75) is 70.8 Å². The van der Waals surface area contributed by atoms with Crippen LogP contribution in [-0.2, 0) is 4.79 Å². The van der Waals surface area contributed by atoms with Gasteiger partial charge in [0.2, 0.25) is 5.91 Å². The molecule has 1 N–H and O–H groups in total. The number of nitrogens with one attached hydrogen (secondary N) is 1. The van der Waals surface area contributed by atoms with Gasteiger partial charge in [-0.3, -0.25) is 9.69 Å². The third-order valence-corrected chi connectivity index (χ3v) is 7.39. The van der Waals surface area contributed by atoms with Crippen molar-refractivity contribution in [1.29, 1.82) is 0 Å². The van der Waals surface area contributed by atoms with Crippen molar-refractivity contribution in [3.8, 4) is 5.75 Å². The van der Waals surface area contributed by atoms with Gasteiger partial charge in [-0.15, -0.1) is 0 Å². The topological polar surface area (TPSA) is 65.1 Å². The Labute approximate surface area is 217 Å². The number of hydrogen-bond acceptors (Lipinski definition) is 4. The van der Waals surface area contributed by atoms with Crippen molar-refractivity contribution < 1.29 is 14.3 Å². The van der Waals surface area contributed by atoms with Gasteiger partial charge in [0.15, 0.2) is 0 Å². The number of unbranched alkanes of at least 4 members (excludes halogenated alkanes) is 2. The molecule has 3 rings (SSSR count). The summed E-state index contributed by atoms with van der Waals surface area (Å²) in [6.07, 6.45) is 13.8. The van der Waals surface area contributed by atoms with E-state index in [1.54, 1.807) is 7.11 Å². The molecule has 0 radical (unpaired) electrons. The van der Waals surface area contributed by atoms with E-state index >= 15 is 0 Å². The first-order valence-electron chi connectivity index (χ1n) is 14.0. The maximum absolute atomic E-state index is 13.0. The highest BCUT2D eigenvalue weighted by molar-refractivity contribution is 5.76. The molecular formula is C29H46N4O3. The van der Waals surface area contributed by atoms with Crippen LogP contribution >= 0.6 is 0 Å². The van der Waals surface area contributed by atoms with E-state index in [0.29, 0.717) is 25.6 Å². The Bertz CT molecular complexity index is 830. The first-order valence-corrected chi connectivity index (χ1v) is 14.0. The lowest BCUT2D eigenvalue weighted by atomic mass is 9.96. The molecule has 1 aromatic rings. The molecule has 3 amide bonds. The van der Waals surface area contributed by atoms with Crippen LogP contribution in [-0.4, -0.2) is 85.6 Å². The molecule has 1 aromatic carbocycles. The lowest BCUT2D eigenvalue weighted by Gasteiger charge is -2.36. The van der Waals surface area contributed by atoms with Gasteiger partial charge in [0.25, 0.3) is 0 Å². The molecule has 1 saturated heterocycles. The average Bonchev–Trinajstić information content (AvgIpc) is 2.91. The molecule has 0 unspecified atom stereocenters. The first kappa shape index (κ1) is 28.0. The summed E-state index contributed by atoms with van der Waals surface area (Å²) in [5.41, 5.74) is 1.01. The molecule has 1 aliphatic carbocycles. The smallest absolute Gasteiger partial charge is 0.317 e. The summed E-state index contributed by atoms with van der Waals surface area (Å²) in [4.78, 5) is 31.9. The number of rotatable bonds is 12. The summed E-state index contributed by atoms with van der Waals surface area (Å²) in [7, 11) is 1.68. The van der Waals surface area contributed by atoms with E-state index in [-0.39, 0.29) is 11.9 Å². The number of benzene rings is 1. The predicted molar refractivity (Wildman–Crippen MR) is 146 cm³/mol. The molecule has 0 aromatic heterocycles. The van der Waals surface area contributed by atoms with Gasteiger partial charge < -0.3 is 19.9 Å². The van der Waals surface area contributed by atoms with Crippen LogP contribution < -0.4 is 10.1 Å². The largest absolute Gasteiger partial charge is 0.496 e. The zero-order chi connectivity index (χ0) is 25.6. The minimum atomic E-state index is 0.0933. The van der Waals surface area contributed by atoms with Crippen molar-refractivity contribution in [2.75, 3.05) is 52.9 Å². The maximum Gasteiger partial charge on any atom is 0.317 e. The lowest BCUT2D eigenvalue weighted by Crippen LogP contribution is -2.54. The Morgan fingerprint density at radius 2 is 1.83 bits per heavy atom. The normalized spacial score (nSPS) is 17.3. The second-order valence-corrected chi connectivity index (χ2v) is 10.1. The van der Waals surface area contributed by atoms with Gasteiger partial charge >= 0.3 is 6.03 Å². The molecule has 0 spiro atoms. The fourth-order valence-electron chi connectivity index (χ4n) is 5.06. The number of carbonyl (C=O) groups excluding carboxylic acids is 2. The van der Waals surface area contributed by atoms with Crippen molar-refractivity contribution in [1.82, 2.24) is 20.0 Å². The number of carbonyl (C=O) groups is 2. The SMILES string of the molecule is CCCCCC(=O)N(CC=Cc1ccccc1OC)CCN1CCN(C(=O)NC2CCCCC2)CC1. The number of urea groups is 1. The molecule has 1 aliphatic heterocycles. The van der Waals surface area contributed by atoms with Gasteiger partial charge in [-0.2, -0.15) is 0 Å². The maximum atomic E-state index is 13.0. The Balaban J connectivity index is 1.47. The number of nitrogens with zero attached hydrogens (tertiary/aromatic N) is 3. The fraction of sp³-hybridized carbons (Fsp3) is 0.655. The van der Waals surface area contributed by atoms with E-state index in [0.717, 1.165) is 76.1 Å². The van der Waals surface area contributed by atoms with Crippen molar-refractivity contribution in [3.63, 3.8) is 0 Å². The molecule has 36 heavy (non-hydrogen) atoms. The van der Waals surface area contributed by atoms with Crippen LogP contribution in [0, 0.1) is 0 Å². The highest BCUT2D eigenvalue weighted by Gasteiger charge is 2.24. The minimum Gasteiger partial charge on any atom is -0.496 e. The van der Waals surface area contributed by atoms with Crippen LogP contribution in [0.2, 0.25) is 0 Å².